The normalized spacial score (nSPS) is 10.7. The van der Waals surface area contributed by atoms with Gasteiger partial charge in [-0.3, -0.25) is 14.9 Å². The van der Waals surface area contributed by atoms with E-state index in [-0.39, 0.29) is 40.7 Å². The fourth-order valence-electron chi connectivity index (χ4n) is 3.00. The molecule has 9 nitrogen and oxygen atoms in total. The van der Waals surface area contributed by atoms with Gasteiger partial charge in [0.2, 0.25) is 0 Å². The molecule has 150 valence electrons. The Labute approximate surface area is 170 Å². The predicted octanol–water partition coefficient (Wildman–Crippen LogP) is 2.75. The molecule has 0 aliphatic rings. The zero-order valence-corrected chi connectivity index (χ0v) is 16.0. The van der Waals surface area contributed by atoms with Gasteiger partial charge in [-0.15, -0.1) is 12.4 Å². The molecule has 0 aliphatic carbocycles. The monoisotopic (exact) mass is 417 g/mol. The lowest BCUT2D eigenvalue weighted by atomic mass is 10.00. The summed E-state index contributed by atoms with van der Waals surface area (Å²) in [7, 11) is 0. The number of fused-ring (bicyclic) bond motifs is 1. The number of nitrogens with two attached hydrogens (primary N) is 2. The molecule has 0 radical (unpaired) electrons. The second-order valence-electron chi connectivity index (χ2n) is 6.06. The van der Waals surface area contributed by atoms with Gasteiger partial charge in [0, 0.05) is 41.3 Å². The molecular formula is C18H17ClFN7O2. The van der Waals surface area contributed by atoms with Gasteiger partial charge in [0.25, 0.3) is 5.91 Å². The van der Waals surface area contributed by atoms with Gasteiger partial charge in [0.05, 0.1) is 22.8 Å². The number of nitrogens with one attached hydrogen (secondary N) is 2. The van der Waals surface area contributed by atoms with E-state index in [1.165, 1.54) is 12.3 Å². The average molecular weight is 418 g/mol. The van der Waals surface area contributed by atoms with Crippen LogP contribution in [-0.2, 0) is 0 Å². The zero-order valence-electron chi connectivity index (χ0n) is 15.2. The van der Waals surface area contributed by atoms with Crippen LogP contribution in [0.4, 0.5) is 15.9 Å². The van der Waals surface area contributed by atoms with E-state index in [1.54, 1.807) is 19.3 Å². The van der Waals surface area contributed by atoms with Gasteiger partial charge < -0.3 is 21.3 Å². The molecule has 11 heteroatoms. The van der Waals surface area contributed by atoms with Gasteiger partial charge in [0.15, 0.2) is 11.4 Å². The lowest BCUT2D eigenvalue weighted by Crippen LogP contribution is -2.24. The van der Waals surface area contributed by atoms with Crippen LogP contribution in [0.3, 0.4) is 0 Å². The molecule has 4 aromatic rings. The van der Waals surface area contributed by atoms with Gasteiger partial charge in [-0.2, -0.15) is 5.10 Å². The average Bonchev–Trinajstić information content (AvgIpc) is 3.32. The van der Waals surface area contributed by atoms with E-state index in [2.05, 4.69) is 25.7 Å². The van der Waals surface area contributed by atoms with E-state index in [0.29, 0.717) is 28.6 Å². The van der Waals surface area contributed by atoms with E-state index in [1.807, 2.05) is 0 Å². The lowest BCUT2D eigenvalue weighted by molar-refractivity contribution is 0.0956. The van der Waals surface area contributed by atoms with E-state index >= 15 is 0 Å². The van der Waals surface area contributed by atoms with Crippen molar-refractivity contribution in [1.29, 1.82) is 0 Å². The third-order valence-corrected chi connectivity index (χ3v) is 4.31. The molecular weight excluding hydrogens is 401 g/mol. The summed E-state index contributed by atoms with van der Waals surface area (Å²) >= 11 is 0. The lowest BCUT2D eigenvalue weighted by Gasteiger charge is -2.11. The Morgan fingerprint density at radius 3 is 2.76 bits per heavy atom. The number of aromatic amines is 1. The van der Waals surface area contributed by atoms with Gasteiger partial charge in [-0.05, 0) is 19.1 Å². The number of rotatable bonds is 4. The third-order valence-electron chi connectivity index (χ3n) is 4.31. The van der Waals surface area contributed by atoms with Crippen molar-refractivity contribution in [2.45, 2.75) is 6.92 Å². The van der Waals surface area contributed by atoms with Crippen molar-refractivity contribution >= 4 is 40.8 Å². The first-order valence-corrected chi connectivity index (χ1v) is 8.41. The number of carbonyl (C=O) groups is 1. The molecule has 0 atom stereocenters. The van der Waals surface area contributed by atoms with Crippen molar-refractivity contribution in [3.8, 4) is 22.4 Å². The summed E-state index contributed by atoms with van der Waals surface area (Å²) in [6, 6.07) is 2.43. The molecule has 0 aliphatic heterocycles. The van der Waals surface area contributed by atoms with Gasteiger partial charge >= 0.3 is 0 Å². The number of halogens is 2. The van der Waals surface area contributed by atoms with Crippen molar-refractivity contribution in [3.05, 3.63) is 42.1 Å². The number of benzene rings is 1. The second-order valence-corrected chi connectivity index (χ2v) is 6.06. The summed E-state index contributed by atoms with van der Waals surface area (Å²) in [5.74, 6) is -1.000. The highest BCUT2D eigenvalue weighted by Crippen LogP contribution is 2.38. The van der Waals surface area contributed by atoms with Crippen LogP contribution in [0.25, 0.3) is 33.4 Å². The van der Waals surface area contributed by atoms with Gasteiger partial charge in [-0.1, -0.05) is 5.16 Å². The number of aromatic nitrogens is 4. The maximum Gasteiger partial charge on any atom is 0.253 e. The van der Waals surface area contributed by atoms with E-state index in [9.17, 15) is 9.18 Å². The fourth-order valence-corrected chi connectivity index (χ4v) is 3.00. The minimum Gasteiger partial charge on any atom is -0.398 e. The number of hydrogen-bond donors (Lipinski definition) is 4. The number of H-pyrrole nitrogens is 1. The molecule has 3 aromatic heterocycles. The van der Waals surface area contributed by atoms with Crippen LogP contribution >= 0.6 is 12.4 Å². The van der Waals surface area contributed by atoms with Crippen LogP contribution in [-0.4, -0.2) is 32.8 Å². The highest BCUT2D eigenvalue weighted by Gasteiger charge is 2.22. The van der Waals surface area contributed by atoms with Crippen molar-refractivity contribution in [2.75, 3.05) is 18.0 Å². The molecule has 1 aromatic carbocycles. The summed E-state index contributed by atoms with van der Waals surface area (Å²) in [5, 5.41) is 13.4. The summed E-state index contributed by atoms with van der Waals surface area (Å²) < 4.78 is 20.1. The molecule has 4 rings (SSSR count). The number of hydrogen-bond acceptors (Lipinski definition) is 7. The first-order valence-electron chi connectivity index (χ1n) is 8.41. The molecule has 0 saturated heterocycles. The van der Waals surface area contributed by atoms with Crippen molar-refractivity contribution < 1.29 is 13.7 Å². The Kier molecular flexibility index (Phi) is 5.37. The summed E-state index contributed by atoms with van der Waals surface area (Å²) in [6.45, 7) is 2.18. The maximum absolute atomic E-state index is 14.7. The number of nitrogen functional groups attached to an aromatic ring is 2. The Morgan fingerprint density at radius 1 is 1.28 bits per heavy atom. The SMILES string of the molecule is CCNC(=O)c1cc(-c2ncc(-c3cn[nH]c3)c3onc(N)c23)c(F)cc1N.Cl. The van der Waals surface area contributed by atoms with Crippen molar-refractivity contribution in [1.82, 2.24) is 25.7 Å². The first kappa shape index (κ1) is 20.1. The quantitative estimate of drug-likeness (QED) is 0.373. The minimum atomic E-state index is -0.643. The van der Waals surface area contributed by atoms with E-state index in [0.717, 1.165) is 6.07 Å². The molecule has 6 N–H and O–H groups in total. The maximum atomic E-state index is 14.7. The molecule has 0 saturated carbocycles. The molecule has 0 unspecified atom stereocenters. The molecule has 1 amide bonds. The fraction of sp³-hybridized carbons (Fsp3) is 0.111. The van der Waals surface area contributed by atoms with E-state index < -0.39 is 11.7 Å². The Balaban J connectivity index is 0.00000240. The van der Waals surface area contributed by atoms with Crippen LogP contribution in [0.5, 0.6) is 0 Å². The predicted molar refractivity (Wildman–Crippen MR) is 109 cm³/mol. The highest BCUT2D eigenvalue weighted by atomic mass is 35.5. The third kappa shape index (κ3) is 3.34. The molecule has 0 fully saturated rings. The van der Waals surface area contributed by atoms with Crippen molar-refractivity contribution in [2.24, 2.45) is 0 Å². The highest BCUT2D eigenvalue weighted by molar-refractivity contribution is 6.06. The Bertz CT molecular complexity index is 1190. The Hall–Kier alpha value is -3.66. The van der Waals surface area contributed by atoms with E-state index in [4.69, 9.17) is 16.0 Å². The Morgan fingerprint density at radius 2 is 2.07 bits per heavy atom. The molecule has 0 spiro atoms. The molecule has 0 bridgehead atoms. The number of nitrogens with zero attached hydrogens (tertiary/aromatic N) is 3. The topological polar surface area (TPSA) is 149 Å². The summed E-state index contributed by atoms with van der Waals surface area (Å²) in [5.41, 5.74) is 13.9. The van der Waals surface area contributed by atoms with Crippen LogP contribution in [0.15, 0.2) is 35.2 Å². The second kappa shape index (κ2) is 7.76. The van der Waals surface area contributed by atoms with Crippen molar-refractivity contribution in [3.63, 3.8) is 0 Å². The number of pyridine rings is 1. The van der Waals surface area contributed by atoms with Gasteiger partial charge in [-0.25, -0.2) is 4.39 Å². The molecule has 29 heavy (non-hydrogen) atoms. The first-order chi connectivity index (χ1) is 13.5. The standard InChI is InChI=1S/C18H16FN7O2.ClH/c1-2-22-18(27)10-3-9(12(19)4-13(10)20)15-14-16(28-26-17(14)21)11(7-23-15)8-5-24-25-6-8;/h3-7H,2,20H2,1H3,(H2,21,26)(H,22,27)(H,24,25);1H. The number of carbonyl (C=O) groups excluding carboxylic acids is 1. The van der Waals surface area contributed by atoms with Crippen LogP contribution in [0.1, 0.15) is 17.3 Å². The smallest absolute Gasteiger partial charge is 0.253 e. The summed E-state index contributed by atoms with van der Waals surface area (Å²) in [4.78, 5) is 16.6. The summed E-state index contributed by atoms with van der Waals surface area (Å²) in [6.07, 6.45) is 4.76. The molecule has 3 heterocycles. The number of anilines is 2. The zero-order chi connectivity index (χ0) is 19.8. The van der Waals surface area contributed by atoms with Crippen LogP contribution < -0.4 is 16.8 Å². The minimum absolute atomic E-state index is 0. The largest absolute Gasteiger partial charge is 0.398 e. The van der Waals surface area contributed by atoms with Crippen LogP contribution in [0.2, 0.25) is 0 Å². The van der Waals surface area contributed by atoms with Gasteiger partial charge in [0.1, 0.15) is 5.82 Å². The number of amides is 1. The van der Waals surface area contributed by atoms with Crippen LogP contribution in [0, 0.1) is 5.82 Å².